The molecule has 74 valence electrons. The summed E-state index contributed by atoms with van der Waals surface area (Å²) in [6, 6.07) is 0. The Balaban J connectivity index is 1.96. The summed E-state index contributed by atoms with van der Waals surface area (Å²) in [5.74, 6) is 1.12. The standard InChI is InChI=1S/C11H12O2S/c12-11-8-14-7-10(13-11)6-9-4-2-1-3-5-9/h1-2,4,7H,3,5-6,8H2. The van der Waals surface area contributed by atoms with Crippen molar-refractivity contribution in [3.05, 3.63) is 35.0 Å². The molecule has 0 aromatic rings. The van der Waals surface area contributed by atoms with E-state index in [-0.39, 0.29) is 5.97 Å². The first-order valence-corrected chi connectivity index (χ1v) is 5.75. The van der Waals surface area contributed by atoms with Gasteiger partial charge in [-0.3, -0.25) is 4.79 Å². The quantitative estimate of drug-likeness (QED) is 0.653. The van der Waals surface area contributed by atoms with E-state index < -0.39 is 0 Å². The fourth-order valence-corrected chi connectivity index (χ4v) is 2.10. The molecule has 0 atom stereocenters. The monoisotopic (exact) mass is 208 g/mol. The largest absolute Gasteiger partial charge is 0.430 e. The smallest absolute Gasteiger partial charge is 0.321 e. The van der Waals surface area contributed by atoms with Crippen LogP contribution in [0.1, 0.15) is 19.3 Å². The van der Waals surface area contributed by atoms with E-state index in [1.54, 1.807) is 0 Å². The molecule has 2 rings (SSSR count). The molecule has 0 saturated carbocycles. The van der Waals surface area contributed by atoms with Crippen molar-refractivity contribution in [1.29, 1.82) is 0 Å². The molecule has 0 fully saturated rings. The minimum absolute atomic E-state index is 0.126. The van der Waals surface area contributed by atoms with Crippen LogP contribution in [0.4, 0.5) is 0 Å². The van der Waals surface area contributed by atoms with Gasteiger partial charge in [-0.15, -0.1) is 11.8 Å². The molecule has 0 saturated heterocycles. The Morgan fingerprint density at radius 2 is 2.43 bits per heavy atom. The SMILES string of the molecule is O=C1CSC=C(CC2=CC=CCC2)O1. The first kappa shape index (κ1) is 9.59. The molecule has 0 amide bonds. The van der Waals surface area contributed by atoms with Gasteiger partial charge in [0.2, 0.25) is 0 Å². The van der Waals surface area contributed by atoms with Gasteiger partial charge in [0.25, 0.3) is 0 Å². The molecule has 0 radical (unpaired) electrons. The number of allylic oxidation sites excluding steroid dienone is 4. The van der Waals surface area contributed by atoms with E-state index in [0.717, 1.165) is 25.0 Å². The summed E-state index contributed by atoms with van der Waals surface area (Å²) < 4.78 is 5.13. The highest BCUT2D eigenvalue weighted by atomic mass is 32.2. The lowest BCUT2D eigenvalue weighted by molar-refractivity contribution is -0.136. The predicted molar refractivity (Wildman–Crippen MR) is 57.7 cm³/mol. The number of thioether (sulfide) groups is 1. The van der Waals surface area contributed by atoms with Gasteiger partial charge in [-0.2, -0.15) is 0 Å². The zero-order chi connectivity index (χ0) is 9.80. The number of cyclic esters (lactones) is 1. The number of esters is 1. The minimum Gasteiger partial charge on any atom is -0.430 e. The second-order valence-electron chi connectivity index (χ2n) is 3.34. The van der Waals surface area contributed by atoms with Crippen LogP contribution in [0, 0.1) is 0 Å². The van der Waals surface area contributed by atoms with Crippen molar-refractivity contribution in [2.24, 2.45) is 0 Å². The van der Waals surface area contributed by atoms with E-state index in [2.05, 4.69) is 18.2 Å². The first-order chi connectivity index (χ1) is 6.84. The Morgan fingerprint density at radius 3 is 3.14 bits per heavy atom. The van der Waals surface area contributed by atoms with Gasteiger partial charge in [0.1, 0.15) is 5.76 Å². The van der Waals surface area contributed by atoms with Crippen LogP contribution in [-0.4, -0.2) is 11.7 Å². The van der Waals surface area contributed by atoms with E-state index in [1.807, 2.05) is 5.41 Å². The highest BCUT2D eigenvalue weighted by molar-refractivity contribution is 8.02. The molecule has 0 spiro atoms. The van der Waals surface area contributed by atoms with E-state index >= 15 is 0 Å². The number of rotatable bonds is 2. The summed E-state index contributed by atoms with van der Waals surface area (Å²) in [6.45, 7) is 0. The van der Waals surface area contributed by atoms with Gasteiger partial charge in [-0.1, -0.05) is 23.8 Å². The van der Waals surface area contributed by atoms with Crippen molar-refractivity contribution in [1.82, 2.24) is 0 Å². The summed E-state index contributed by atoms with van der Waals surface area (Å²) >= 11 is 1.52. The van der Waals surface area contributed by atoms with Crippen LogP contribution in [0.5, 0.6) is 0 Å². The number of hydrogen-bond donors (Lipinski definition) is 0. The lowest BCUT2D eigenvalue weighted by atomic mass is 10.0. The summed E-state index contributed by atoms with van der Waals surface area (Å²) in [5, 5.41) is 1.94. The maximum atomic E-state index is 11.0. The van der Waals surface area contributed by atoms with Gasteiger partial charge in [-0.05, 0) is 12.8 Å². The van der Waals surface area contributed by atoms with Gasteiger partial charge >= 0.3 is 5.97 Å². The molecule has 0 N–H and O–H groups in total. The van der Waals surface area contributed by atoms with E-state index in [0.29, 0.717) is 5.75 Å². The first-order valence-electron chi connectivity index (χ1n) is 4.70. The average Bonchev–Trinajstić information content (AvgIpc) is 2.19. The highest BCUT2D eigenvalue weighted by Crippen LogP contribution is 2.25. The topological polar surface area (TPSA) is 26.3 Å². The second-order valence-corrected chi connectivity index (χ2v) is 4.20. The summed E-state index contributed by atoms with van der Waals surface area (Å²) in [4.78, 5) is 11.0. The molecule has 3 heteroatoms. The number of carbonyl (C=O) groups excluding carboxylic acids is 1. The molecule has 0 bridgehead atoms. The molecule has 14 heavy (non-hydrogen) atoms. The summed E-state index contributed by atoms with van der Waals surface area (Å²) in [5.41, 5.74) is 1.34. The lowest BCUT2D eigenvalue weighted by Gasteiger charge is -2.15. The Hall–Kier alpha value is -0.960. The maximum absolute atomic E-state index is 11.0. The van der Waals surface area contributed by atoms with Crippen LogP contribution in [0.25, 0.3) is 0 Å². The van der Waals surface area contributed by atoms with Gasteiger partial charge < -0.3 is 4.74 Å². The van der Waals surface area contributed by atoms with Crippen LogP contribution in [0.15, 0.2) is 35.0 Å². The molecule has 1 heterocycles. The van der Waals surface area contributed by atoms with E-state index in [9.17, 15) is 4.79 Å². The van der Waals surface area contributed by atoms with Crippen molar-refractivity contribution >= 4 is 17.7 Å². The van der Waals surface area contributed by atoms with Crippen molar-refractivity contribution in [3.8, 4) is 0 Å². The van der Waals surface area contributed by atoms with Gasteiger partial charge in [-0.25, -0.2) is 0 Å². The third kappa shape index (κ3) is 2.51. The van der Waals surface area contributed by atoms with Crippen molar-refractivity contribution in [3.63, 3.8) is 0 Å². The fraction of sp³-hybridized carbons (Fsp3) is 0.364. The molecular weight excluding hydrogens is 196 g/mol. The van der Waals surface area contributed by atoms with Crippen molar-refractivity contribution in [2.75, 3.05) is 5.75 Å². The summed E-state index contributed by atoms with van der Waals surface area (Å²) in [6.07, 6.45) is 9.29. The van der Waals surface area contributed by atoms with Gasteiger partial charge in [0, 0.05) is 11.8 Å². The third-order valence-electron chi connectivity index (χ3n) is 2.16. The van der Waals surface area contributed by atoms with Crippen LogP contribution >= 0.6 is 11.8 Å². The van der Waals surface area contributed by atoms with E-state index in [1.165, 1.54) is 17.3 Å². The number of ether oxygens (including phenoxy) is 1. The average molecular weight is 208 g/mol. The predicted octanol–water partition coefficient (Wildman–Crippen LogP) is 2.78. The van der Waals surface area contributed by atoms with Gasteiger partial charge in [0.05, 0.1) is 5.75 Å². The Labute approximate surface area is 87.7 Å². The van der Waals surface area contributed by atoms with Gasteiger partial charge in [0.15, 0.2) is 0 Å². The fourth-order valence-electron chi connectivity index (χ4n) is 1.50. The molecule has 2 aliphatic rings. The highest BCUT2D eigenvalue weighted by Gasteiger charge is 2.14. The molecule has 2 nitrogen and oxygen atoms in total. The maximum Gasteiger partial charge on any atom is 0.321 e. The number of carbonyl (C=O) groups is 1. The molecule has 0 aromatic carbocycles. The van der Waals surface area contributed by atoms with Crippen molar-refractivity contribution < 1.29 is 9.53 Å². The molecule has 0 aromatic heterocycles. The van der Waals surface area contributed by atoms with Crippen LogP contribution in [0.2, 0.25) is 0 Å². The number of hydrogen-bond acceptors (Lipinski definition) is 3. The van der Waals surface area contributed by atoms with E-state index in [4.69, 9.17) is 4.74 Å². The molecule has 0 unspecified atom stereocenters. The normalized spacial score (nSPS) is 21.3. The Morgan fingerprint density at radius 1 is 1.50 bits per heavy atom. The Bertz CT molecular complexity index is 326. The second kappa shape index (κ2) is 4.51. The zero-order valence-corrected chi connectivity index (χ0v) is 8.68. The zero-order valence-electron chi connectivity index (χ0n) is 7.86. The Kier molecular flexibility index (Phi) is 3.09. The third-order valence-corrected chi connectivity index (χ3v) is 2.99. The van der Waals surface area contributed by atoms with Crippen LogP contribution in [-0.2, 0) is 9.53 Å². The minimum atomic E-state index is -0.126. The molecule has 1 aliphatic heterocycles. The lowest BCUT2D eigenvalue weighted by Crippen LogP contribution is -2.11. The summed E-state index contributed by atoms with van der Waals surface area (Å²) in [7, 11) is 0. The van der Waals surface area contributed by atoms with Crippen LogP contribution < -0.4 is 0 Å². The molecular formula is C11H12O2S. The molecule has 1 aliphatic carbocycles. The van der Waals surface area contributed by atoms with Crippen LogP contribution in [0.3, 0.4) is 0 Å². The van der Waals surface area contributed by atoms with Crippen molar-refractivity contribution in [2.45, 2.75) is 19.3 Å².